The molecular weight excluding hydrogens is 268 g/mol. The van der Waals surface area contributed by atoms with E-state index in [2.05, 4.69) is 48.4 Å². The van der Waals surface area contributed by atoms with Crippen LogP contribution in [0.3, 0.4) is 0 Å². The van der Waals surface area contributed by atoms with Crippen LogP contribution in [-0.2, 0) is 0 Å². The fourth-order valence-electron chi connectivity index (χ4n) is 3.76. The summed E-state index contributed by atoms with van der Waals surface area (Å²) >= 11 is 0. The lowest BCUT2D eigenvalue weighted by Gasteiger charge is -2.29. The monoisotopic (exact) mass is 303 g/mol. The summed E-state index contributed by atoms with van der Waals surface area (Å²) in [6, 6.07) is 1.30. The molecule has 0 spiro atoms. The van der Waals surface area contributed by atoms with E-state index in [1.165, 1.54) is 69.9 Å². The molecule has 22 heavy (non-hydrogen) atoms. The molecule has 124 valence electrons. The maximum absolute atomic E-state index is 3.69. The molecule has 0 fully saturated rings. The van der Waals surface area contributed by atoms with Crippen molar-refractivity contribution in [2.24, 2.45) is 0 Å². The molecule has 2 unspecified atom stereocenters. The summed E-state index contributed by atoms with van der Waals surface area (Å²) in [5.41, 5.74) is 1.42. The van der Waals surface area contributed by atoms with Gasteiger partial charge in [0.2, 0.25) is 0 Å². The molecule has 0 aromatic heterocycles. The van der Waals surface area contributed by atoms with E-state index in [9.17, 15) is 0 Å². The second-order valence-electron chi connectivity index (χ2n) is 6.87. The average molecular weight is 304 g/mol. The number of nitrogens with zero attached hydrogens (tertiary/aromatic N) is 2. The highest BCUT2D eigenvalue weighted by atomic mass is 15.2. The Labute approximate surface area is 137 Å². The topological polar surface area (TPSA) is 6.25 Å². The summed E-state index contributed by atoms with van der Waals surface area (Å²) in [7, 11) is 0. The van der Waals surface area contributed by atoms with Crippen LogP contribution in [0.1, 0.15) is 78.6 Å². The van der Waals surface area contributed by atoms with Crippen LogP contribution < -0.4 is 0 Å². The van der Waals surface area contributed by atoms with Gasteiger partial charge in [0.25, 0.3) is 0 Å². The highest BCUT2D eigenvalue weighted by Gasteiger charge is 2.35. The van der Waals surface area contributed by atoms with Gasteiger partial charge >= 0.3 is 0 Å². The summed E-state index contributed by atoms with van der Waals surface area (Å²) in [6.45, 7) is 9.16. The number of hydrogen-bond donors (Lipinski definition) is 0. The predicted molar refractivity (Wildman–Crippen MR) is 95.6 cm³/mol. The summed E-state index contributed by atoms with van der Waals surface area (Å²) in [6.07, 6.45) is 16.7. The molecule has 2 nitrogen and oxygen atoms in total. The lowest BCUT2D eigenvalue weighted by Crippen LogP contribution is -2.40. The van der Waals surface area contributed by atoms with Gasteiger partial charge in [0.1, 0.15) is 6.54 Å². The fourth-order valence-corrected chi connectivity index (χ4v) is 3.76. The van der Waals surface area contributed by atoms with Gasteiger partial charge in [-0.15, -0.1) is 0 Å². The lowest BCUT2D eigenvalue weighted by molar-refractivity contribution is -0.561. The second kappa shape index (κ2) is 9.20. The third kappa shape index (κ3) is 4.49. The van der Waals surface area contributed by atoms with Gasteiger partial charge in [-0.25, -0.2) is 0 Å². The van der Waals surface area contributed by atoms with Crippen molar-refractivity contribution < 1.29 is 4.58 Å². The first-order chi connectivity index (χ1) is 10.8. The molecule has 0 amide bonds. The molecular formula is C20H35N2+. The smallest absolute Gasteiger partial charge is 0.173 e. The Morgan fingerprint density at radius 2 is 1.86 bits per heavy atom. The fraction of sp³-hybridized carbons (Fsp3) is 0.800. The van der Waals surface area contributed by atoms with Crippen molar-refractivity contribution in [3.8, 4) is 0 Å². The first-order valence-corrected chi connectivity index (χ1v) is 9.64. The molecule has 2 heterocycles. The Morgan fingerprint density at radius 1 is 1.09 bits per heavy atom. The zero-order valence-corrected chi connectivity index (χ0v) is 15.0. The van der Waals surface area contributed by atoms with Crippen LogP contribution >= 0.6 is 0 Å². The molecule has 2 aliphatic rings. The molecule has 0 N–H and O–H groups in total. The van der Waals surface area contributed by atoms with Gasteiger partial charge < -0.3 is 4.90 Å². The van der Waals surface area contributed by atoms with Crippen LogP contribution in [0, 0.1) is 0 Å². The maximum atomic E-state index is 3.69. The molecule has 0 aliphatic carbocycles. The summed E-state index contributed by atoms with van der Waals surface area (Å²) in [5.74, 6) is 3.69. The number of hydrogen-bond acceptors (Lipinski definition) is 1. The van der Waals surface area contributed by atoms with Crippen molar-refractivity contribution >= 4 is 5.87 Å². The van der Waals surface area contributed by atoms with Gasteiger partial charge in [-0.1, -0.05) is 46.0 Å². The zero-order chi connectivity index (χ0) is 15.8. The van der Waals surface area contributed by atoms with Crippen molar-refractivity contribution in [2.75, 3.05) is 13.1 Å². The Kier molecular flexibility index (Phi) is 7.25. The Hall–Kier alpha value is -1.01. The lowest BCUT2D eigenvalue weighted by atomic mass is 9.94. The molecule has 0 saturated carbocycles. The van der Waals surface area contributed by atoms with Crippen molar-refractivity contribution in [1.29, 1.82) is 0 Å². The van der Waals surface area contributed by atoms with Crippen molar-refractivity contribution in [3.63, 3.8) is 0 Å². The quantitative estimate of drug-likeness (QED) is 0.417. The molecule has 2 rings (SSSR count). The van der Waals surface area contributed by atoms with E-state index in [4.69, 9.17) is 0 Å². The predicted octanol–water partition coefficient (Wildman–Crippen LogP) is 4.75. The van der Waals surface area contributed by atoms with Gasteiger partial charge in [-0.2, -0.15) is 4.58 Å². The summed E-state index contributed by atoms with van der Waals surface area (Å²) in [5, 5.41) is 0. The minimum Gasteiger partial charge on any atom is -0.369 e. The Balaban J connectivity index is 1.91. The van der Waals surface area contributed by atoms with E-state index in [-0.39, 0.29) is 0 Å². The van der Waals surface area contributed by atoms with Gasteiger partial charge in [0.05, 0.1) is 11.6 Å². The first kappa shape index (κ1) is 17.3. The van der Waals surface area contributed by atoms with Gasteiger partial charge in [-0.3, -0.25) is 0 Å². The third-order valence-electron chi connectivity index (χ3n) is 5.17. The first-order valence-electron chi connectivity index (χ1n) is 9.64. The van der Waals surface area contributed by atoms with E-state index in [1.54, 1.807) is 0 Å². The van der Waals surface area contributed by atoms with Gasteiger partial charge in [0.15, 0.2) is 11.9 Å². The summed E-state index contributed by atoms with van der Waals surface area (Å²) in [4.78, 5) is 2.58. The molecule has 0 aromatic carbocycles. The van der Waals surface area contributed by atoms with Crippen LogP contribution in [0.25, 0.3) is 0 Å². The average Bonchev–Trinajstić information content (AvgIpc) is 2.93. The molecule has 0 aromatic rings. The van der Waals surface area contributed by atoms with Crippen LogP contribution in [0.15, 0.2) is 17.8 Å². The largest absolute Gasteiger partial charge is 0.369 e. The van der Waals surface area contributed by atoms with Crippen molar-refractivity contribution in [1.82, 2.24) is 4.90 Å². The van der Waals surface area contributed by atoms with Crippen LogP contribution in [0.4, 0.5) is 0 Å². The third-order valence-corrected chi connectivity index (χ3v) is 5.17. The standard InChI is InChI=1S/C20H35N2/c1-4-7-9-10-11-14-22-15-13-18-17-21(6-3)19(12-8-5-2)16-20(18)22/h13,15,19-20H,4-12,14,16H2,1-3H3/q+1. The highest BCUT2D eigenvalue weighted by Crippen LogP contribution is 2.28. The van der Waals surface area contributed by atoms with E-state index >= 15 is 0 Å². The molecule has 0 saturated heterocycles. The number of unbranched alkanes of at least 4 members (excludes halogenated alkanes) is 5. The number of rotatable bonds is 10. The van der Waals surface area contributed by atoms with E-state index in [0.29, 0.717) is 12.1 Å². The number of fused-ring (bicyclic) bond motifs is 1. The van der Waals surface area contributed by atoms with E-state index < -0.39 is 0 Å². The van der Waals surface area contributed by atoms with Crippen molar-refractivity contribution in [2.45, 2.75) is 90.6 Å². The minimum atomic E-state index is 0.607. The van der Waals surface area contributed by atoms with Crippen LogP contribution in [0.5, 0.6) is 0 Å². The SMILES string of the molecule is CCCCCCCN1C=CC2=C=[N+](CC)C(CCCC)CC21. The molecule has 2 aliphatic heterocycles. The molecule has 2 heteroatoms. The second-order valence-corrected chi connectivity index (χ2v) is 6.87. The van der Waals surface area contributed by atoms with E-state index in [0.717, 1.165) is 6.54 Å². The maximum Gasteiger partial charge on any atom is 0.173 e. The zero-order valence-electron chi connectivity index (χ0n) is 15.0. The highest BCUT2D eigenvalue weighted by molar-refractivity contribution is 5.62. The van der Waals surface area contributed by atoms with Crippen LogP contribution in [0.2, 0.25) is 0 Å². The normalized spacial score (nSPS) is 23.5. The molecule has 0 bridgehead atoms. The Morgan fingerprint density at radius 3 is 2.59 bits per heavy atom. The van der Waals surface area contributed by atoms with Gasteiger partial charge in [0, 0.05) is 25.6 Å². The Bertz CT molecular complexity index is 429. The van der Waals surface area contributed by atoms with E-state index in [1.807, 2.05) is 0 Å². The van der Waals surface area contributed by atoms with Gasteiger partial charge in [-0.05, 0) is 25.8 Å². The van der Waals surface area contributed by atoms with Crippen LogP contribution in [-0.4, -0.2) is 40.5 Å². The molecule has 0 radical (unpaired) electrons. The summed E-state index contributed by atoms with van der Waals surface area (Å²) < 4.78 is 2.45. The minimum absolute atomic E-state index is 0.607. The molecule has 2 atom stereocenters. The van der Waals surface area contributed by atoms with Crippen molar-refractivity contribution in [3.05, 3.63) is 17.8 Å².